The molecule has 1 aromatic heterocycles. The Morgan fingerprint density at radius 3 is 2.62 bits per heavy atom. The van der Waals surface area contributed by atoms with Crippen molar-refractivity contribution in [1.29, 1.82) is 0 Å². The summed E-state index contributed by atoms with van der Waals surface area (Å²) in [6, 6.07) is 0.202. The van der Waals surface area contributed by atoms with Gasteiger partial charge in [0, 0.05) is 24.6 Å². The van der Waals surface area contributed by atoms with Crippen molar-refractivity contribution >= 4 is 0 Å². The Morgan fingerprint density at radius 2 is 2.00 bits per heavy atom. The lowest BCUT2D eigenvalue weighted by molar-refractivity contribution is 0.112. The molecule has 1 N–H and O–H groups in total. The summed E-state index contributed by atoms with van der Waals surface area (Å²) in [5.74, 6) is 0. The minimum Gasteiger partial charge on any atom is -0.379 e. The van der Waals surface area contributed by atoms with Crippen LogP contribution in [0, 0.1) is 0 Å². The zero-order valence-corrected chi connectivity index (χ0v) is 10.1. The molecule has 1 unspecified atom stereocenters. The van der Waals surface area contributed by atoms with Gasteiger partial charge in [0.25, 0.3) is 0 Å². The topological polar surface area (TPSA) is 47.0 Å². The summed E-state index contributed by atoms with van der Waals surface area (Å²) in [5, 5.41) is 3.44. The van der Waals surface area contributed by atoms with Gasteiger partial charge in [-0.1, -0.05) is 13.8 Å². The van der Waals surface area contributed by atoms with Crippen LogP contribution < -0.4 is 5.32 Å². The second kappa shape index (κ2) is 8.19. The second-order valence-corrected chi connectivity index (χ2v) is 3.75. The molecule has 0 amide bonds. The van der Waals surface area contributed by atoms with E-state index < -0.39 is 0 Å². The third-order valence-electron chi connectivity index (χ3n) is 2.26. The molecule has 0 fully saturated rings. The quantitative estimate of drug-likeness (QED) is 0.684. The van der Waals surface area contributed by atoms with Gasteiger partial charge in [-0.3, -0.25) is 0 Å². The largest absolute Gasteiger partial charge is 0.379 e. The van der Waals surface area contributed by atoms with Crippen molar-refractivity contribution in [2.45, 2.75) is 32.7 Å². The molecule has 1 aromatic rings. The highest BCUT2D eigenvalue weighted by atomic mass is 16.5. The number of aromatic nitrogens is 2. The molecule has 0 saturated carbocycles. The van der Waals surface area contributed by atoms with Crippen LogP contribution in [0.3, 0.4) is 0 Å². The number of nitrogens with one attached hydrogen (secondary N) is 1. The summed E-state index contributed by atoms with van der Waals surface area (Å²) in [4.78, 5) is 8.07. The van der Waals surface area contributed by atoms with Crippen molar-refractivity contribution < 1.29 is 4.74 Å². The standard InChI is InChI=1S/C12H21N3O/c1-3-5-15-12(9-16-6-4-2)11-7-13-10-14-8-11/h7-8,10,12,15H,3-6,9H2,1-2H3. The van der Waals surface area contributed by atoms with Crippen molar-refractivity contribution in [3.05, 3.63) is 24.3 Å². The van der Waals surface area contributed by atoms with Gasteiger partial charge >= 0.3 is 0 Å². The van der Waals surface area contributed by atoms with Gasteiger partial charge in [0.1, 0.15) is 6.33 Å². The van der Waals surface area contributed by atoms with Gasteiger partial charge in [-0.2, -0.15) is 0 Å². The van der Waals surface area contributed by atoms with E-state index in [4.69, 9.17) is 4.74 Å². The molecule has 0 bridgehead atoms. The smallest absolute Gasteiger partial charge is 0.115 e. The fourth-order valence-electron chi connectivity index (χ4n) is 1.43. The Balaban J connectivity index is 2.49. The molecule has 90 valence electrons. The first kappa shape index (κ1) is 13.1. The van der Waals surface area contributed by atoms with Gasteiger partial charge in [-0.15, -0.1) is 0 Å². The van der Waals surface area contributed by atoms with Gasteiger partial charge in [0.2, 0.25) is 0 Å². The van der Waals surface area contributed by atoms with E-state index in [0.29, 0.717) is 6.61 Å². The Morgan fingerprint density at radius 1 is 1.25 bits per heavy atom. The second-order valence-electron chi connectivity index (χ2n) is 3.75. The zero-order valence-electron chi connectivity index (χ0n) is 10.1. The Kier molecular flexibility index (Phi) is 6.69. The summed E-state index contributed by atoms with van der Waals surface area (Å²) in [5.41, 5.74) is 1.09. The van der Waals surface area contributed by atoms with Crippen molar-refractivity contribution in [3.8, 4) is 0 Å². The molecule has 0 radical (unpaired) electrons. The highest BCUT2D eigenvalue weighted by Gasteiger charge is 2.10. The molecule has 1 heterocycles. The van der Waals surface area contributed by atoms with E-state index >= 15 is 0 Å². The van der Waals surface area contributed by atoms with Crippen molar-refractivity contribution in [2.75, 3.05) is 19.8 Å². The molecule has 0 spiro atoms. The summed E-state index contributed by atoms with van der Waals surface area (Å²) in [6.45, 7) is 6.73. The van der Waals surface area contributed by atoms with Crippen LogP contribution in [0.2, 0.25) is 0 Å². The number of ether oxygens (including phenoxy) is 1. The van der Waals surface area contributed by atoms with E-state index in [1.807, 2.05) is 12.4 Å². The lowest BCUT2D eigenvalue weighted by Crippen LogP contribution is -2.26. The molecule has 0 aromatic carbocycles. The maximum Gasteiger partial charge on any atom is 0.115 e. The fraction of sp³-hybridized carbons (Fsp3) is 0.667. The van der Waals surface area contributed by atoms with E-state index in [-0.39, 0.29) is 6.04 Å². The minimum atomic E-state index is 0.202. The van der Waals surface area contributed by atoms with Crippen molar-refractivity contribution in [2.24, 2.45) is 0 Å². The van der Waals surface area contributed by atoms with Gasteiger partial charge in [0.15, 0.2) is 0 Å². The van der Waals surface area contributed by atoms with E-state index in [0.717, 1.165) is 31.6 Å². The van der Waals surface area contributed by atoms with E-state index in [2.05, 4.69) is 29.1 Å². The highest BCUT2D eigenvalue weighted by Crippen LogP contribution is 2.10. The molecule has 1 atom stereocenters. The maximum absolute atomic E-state index is 5.58. The van der Waals surface area contributed by atoms with Crippen molar-refractivity contribution in [1.82, 2.24) is 15.3 Å². The number of rotatable bonds is 8. The first-order chi connectivity index (χ1) is 7.88. The van der Waals surface area contributed by atoms with Gasteiger partial charge < -0.3 is 10.1 Å². The molecule has 4 heteroatoms. The summed E-state index contributed by atoms with van der Waals surface area (Å²) < 4.78 is 5.58. The third-order valence-corrected chi connectivity index (χ3v) is 2.26. The van der Waals surface area contributed by atoms with Crippen LogP contribution in [0.15, 0.2) is 18.7 Å². The van der Waals surface area contributed by atoms with Crippen LogP contribution in [0.4, 0.5) is 0 Å². The number of hydrogen-bond acceptors (Lipinski definition) is 4. The predicted octanol–water partition coefficient (Wildman–Crippen LogP) is 1.94. The van der Waals surface area contributed by atoms with Crippen molar-refractivity contribution in [3.63, 3.8) is 0 Å². The number of hydrogen-bond donors (Lipinski definition) is 1. The first-order valence-corrected chi connectivity index (χ1v) is 5.94. The molecular weight excluding hydrogens is 202 g/mol. The Hall–Kier alpha value is -1.00. The molecule has 0 aliphatic heterocycles. The summed E-state index contributed by atoms with van der Waals surface area (Å²) in [7, 11) is 0. The average molecular weight is 223 g/mol. The molecule has 0 aliphatic rings. The number of nitrogens with zero attached hydrogens (tertiary/aromatic N) is 2. The summed E-state index contributed by atoms with van der Waals surface area (Å²) >= 11 is 0. The molecule has 4 nitrogen and oxygen atoms in total. The van der Waals surface area contributed by atoms with Crippen LogP contribution in [0.1, 0.15) is 38.3 Å². The van der Waals surface area contributed by atoms with Gasteiger partial charge in [0.05, 0.1) is 12.6 Å². The third kappa shape index (κ3) is 4.68. The lowest BCUT2D eigenvalue weighted by Gasteiger charge is -2.18. The zero-order chi connectivity index (χ0) is 11.6. The average Bonchev–Trinajstić information content (AvgIpc) is 2.35. The molecular formula is C12H21N3O. The highest BCUT2D eigenvalue weighted by molar-refractivity contribution is 5.09. The predicted molar refractivity (Wildman–Crippen MR) is 64.2 cm³/mol. The fourth-order valence-corrected chi connectivity index (χ4v) is 1.43. The molecule has 0 aliphatic carbocycles. The van der Waals surface area contributed by atoms with Gasteiger partial charge in [-0.25, -0.2) is 9.97 Å². The van der Waals surface area contributed by atoms with E-state index in [1.165, 1.54) is 0 Å². The molecule has 16 heavy (non-hydrogen) atoms. The Bertz CT molecular complexity index is 266. The summed E-state index contributed by atoms with van der Waals surface area (Å²) in [6.07, 6.45) is 7.39. The SMILES string of the molecule is CCCNC(COCCC)c1cncnc1. The lowest BCUT2D eigenvalue weighted by atomic mass is 10.1. The molecule has 1 rings (SSSR count). The Labute approximate surface area is 97.5 Å². The van der Waals surface area contributed by atoms with E-state index in [9.17, 15) is 0 Å². The minimum absolute atomic E-state index is 0.202. The monoisotopic (exact) mass is 223 g/mol. The van der Waals surface area contributed by atoms with Gasteiger partial charge in [-0.05, 0) is 19.4 Å². The van der Waals surface area contributed by atoms with Crippen LogP contribution in [0.25, 0.3) is 0 Å². The van der Waals surface area contributed by atoms with Crippen LogP contribution in [-0.2, 0) is 4.74 Å². The molecule has 0 saturated heterocycles. The van der Waals surface area contributed by atoms with Crippen LogP contribution in [0.5, 0.6) is 0 Å². The van der Waals surface area contributed by atoms with Crippen LogP contribution in [-0.4, -0.2) is 29.7 Å². The van der Waals surface area contributed by atoms with Crippen LogP contribution >= 0.6 is 0 Å². The maximum atomic E-state index is 5.58. The van der Waals surface area contributed by atoms with E-state index in [1.54, 1.807) is 6.33 Å². The first-order valence-electron chi connectivity index (χ1n) is 5.94. The normalized spacial score (nSPS) is 12.6.